The first kappa shape index (κ1) is 12.7. The van der Waals surface area contributed by atoms with Crippen LogP contribution in [0.4, 0.5) is 0 Å². The number of aryl methyl sites for hydroxylation is 2. The second-order valence-corrected chi connectivity index (χ2v) is 5.62. The smallest absolute Gasteiger partial charge is 0.0512 e. The van der Waals surface area contributed by atoms with Crippen LogP contribution in [0.2, 0.25) is 0 Å². The minimum absolute atomic E-state index is 1.12. The standard InChI is InChI=1S/C17H24N2/c1-2-15-7-5-8-16-9-14-19(17(15)16)13-6-12-18-10-3-4-11-18/h5,7-9,14H,2-4,6,10-13H2,1H3. The topological polar surface area (TPSA) is 8.17 Å². The Kier molecular flexibility index (Phi) is 3.88. The number of fused-ring (bicyclic) bond motifs is 1. The minimum atomic E-state index is 1.12. The van der Waals surface area contributed by atoms with Gasteiger partial charge in [-0.15, -0.1) is 0 Å². The summed E-state index contributed by atoms with van der Waals surface area (Å²) >= 11 is 0. The molecule has 1 saturated heterocycles. The number of rotatable bonds is 5. The molecule has 0 saturated carbocycles. The van der Waals surface area contributed by atoms with Crippen molar-refractivity contribution in [3.8, 4) is 0 Å². The molecule has 0 radical (unpaired) electrons. The van der Waals surface area contributed by atoms with E-state index in [-0.39, 0.29) is 0 Å². The molecule has 1 fully saturated rings. The van der Waals surface area contributed by atoms with Gasteiger partial charge in [0.1, 0.15) is 0 Å². The van der Waals surface area contributed by atoms with Crippen LogP contribution in [0.5, 0.6) is 0 Å². The van der Waals surface area contributed by atoms with Crippen LogP contribution in [0.3, 0.4) is 0 Å². The van der Waals surface area contributed by atoms with Crippen molar-refractivity contribution in [3.63, 3.8) is 0 Å². The lowest BCUT2D eigenvalue weighted by atomic mass is 10.1. The van der Waals surface area contributed by atoms with E-state index in [0.29, 0.717) is 0 Å². The lowest BCUT2D eigenvalue weighted by Gasteiger charge is -2.15. The molecule has 2 heteroatoms. The SMILES string of the molecule is CCc1cccc2ccn(CCCN3CCCC3)c12. The van der Waals surface area contributed by atoms with Gasteiger partial charge in [0.25, 0.3) is 0 Å². The first-order chi connectivity index (χ1) is 9.38. The van der Waals surface area contributed by atoms with Crippen molar-refractivity contribution in [3.05, 3.63) is 36.0 Å². The third-order valence-corrected chi connectivity index (χ3v) is 4.32. The highest BCUT2D eigenvalue weighted by atomic mass is 15.1. The van der Waals surface area contributed by atoms with E-state index < -0.39 is 0 Å². The second-order valence-electron chi connectivity index (χ2n) is 5.62. The fraction of sp³-hybridized carbons (Fsp3) is 0.529. The Bertz CT molecular complexity index is 535. The summed E-state index contributed by atoms with van der Waals surface area (Å²) < 4.78 is 2.45. The zero-order valence-electron chi connectivity index (χ0n) is 11.9. The molecule has 1 aliphatic rings. The van der Waals surface area contributed by atoms with Crippen molar-refractivity contribution < 1.29 is 0 Å². The number of nitrogens with zero attached hydrogens (tertiary/aromatic N) is 2. The summed E-state index contributed by atoms with van der Waals surface area (Å²) in [6.07, 6.45) is 7.43. The van der Waals surface area contributed by atoms with Crippen molar-refractivity contribution in [2.45, 2.75) is 39.2 Å². The van der Waals surface area contributed by atoms with Gasteiger partial charge in [-0.1, -0.05) is 25.1 Å². The zero-order chi connectivity index (χ0) is 13.1. The summed E-state index contributed by atoms with van der Waals surface area (Å²) in [6.45, 7) is 7.28. The summed E-state index contributed by atoms with van der Waals surface area (Å²) in [5, 5.41) is 1.39. The highest BCUT2D eigenvalue weighted by Gasteiger charge is 2.11. The van der Waals surface area contributed by atoms with Gasteiger partial charge in [-0.25, -0.2) is 0 Å². The maximum atomic E-state index is 2.60. The van der Waals surface area contributed by atoms with Crippen molar-refractivity contribution in [1.29, 1.82) is 0 Å². The average Bonchev–Trinajstić information content (AvgIpc) is 3.08. The van der Waals surface area contributed by atoms with Crippen LogP contribution >= 0.6 is 0 Å². The number of para-hydroxylation sites is 1. The lowest BCUT2D eigenvalue weighted by Crippen LogP contribution is -2.21. The molecule has 1 aromatic carbocycles. The zero-order valence-corrected chi connectivity index (χ0v) is 11.9. The predicted octanol–water partition coefficient (Wildman–Crippen LogP) is 3.69. The second kappa shape index (κ2) is 5.79. The Morgan fingerprint density at radius 2 is 1.89 bits per heavy atom. The number of likely N-dealkylation sites (tertiary alicyclic amines) is 1. The quantitative estimate of drug-likeness (QED) is 0.792. The molecule has 0 bridgehead atoms. The van der Waals surface area contributed by atoms with E-state index in [1.165, 1.54) is 55.4 Å². The fourth-order valence-corrected chi connectivity index (χ4v) is 3.28. The summed E-state index contributed by atoms with van der Waals surface area (Å²) in [5.41, 5.74) is 2.93. The highest BCUT2D eigenvalue weighted by molar-refractivity contribution is 5.83. The van der Waals surface area contributed by atoms with E-state index in [0.717, 1.165) is 13.0 Å². The first-order valence-electron chi connectivity index (χ1n) is 7.67. The van der Waals surface area contributed by atoms with Gasteiger partial charge in [-0.2, -0.15) is 0 Å². The largest absolute Gasteiger partial charge is 0.347 e. The van der Waals surface area contributed by atoms with E-state index in [4.69, 9.17) is 0 Å². The molecule has 3 rings (SSSR count). The maximum Gasteiger partial charge on any atom is 0.0512 e. The summed E-state index contributed by atoms with van der Waals surface area (Å²) in [4.78, 5) is 2.60. The van der Waals surface area contributed by atoms with Crippen molar-refractivity contribution in [2.75, 3.05) is 19.6 Å². The molecule has 0 aliphatic carbocycles. The number of benzene rings is 1. The number of aromatic nitrogens is 1. The van der Waals surface area contributed by atoms with Gasteiger partial charge in [0, 0.05) is 12.7 Å². The Labute approximate surface area is 116 Å². The van der Waals surface area contributed by atoms with E-state index in [2.05, 4.69) is 46.9 Å². The predicted molar refractivity (Wildman–Crippen MR) is 81.6 cm³/mol. The molecule has 102 valence electrons. The van der Waals surface area contributed by atoms with Gasteiger partial charge in [-0.05, 0) is 62.3 Å². The normalized spacial score (nSPS) is 16.5. The molecule has 0 N–H and O–H groups in total. The molecule has 2 heterocycles. The van der Waals surface area contributed by atoms with E-state index in [9.17, 15) is 0 Å². The van der Waals surface area contributed by atoms with Crippen LogP contribution < -0.4 is 0 Å². The molecule has 0 unspecified atom stereocenters. The number of hydrogen-bond acceptors (Lipinski definition) is 1. The molecule has 1 aromatic heterocycles. The van der Waals surface area contributed by atoms with Crippen molar-refractivity contribution in [1.82, 2.24) is 9.47 Å². The first-order valence-corrected chi connectivity index (χ1v) is 7.67. The molecular formula is C17H24N2. The fourth-order valence-electron chi connectivity index (χ4n) is 3.28. The van der Waals surface area contributed by atoms with Crippen LogP contribution in [0.15, 0.2) is 30.5 Å². The Morgan fingerprint density at radius 3 is 2.68 bits per heavy atom. The summed E-state index contributed by atoms with van der Waals surface area (Å²) in [7, 11) is 0. The van der Waals surface area contributed by atoms with E-state index in [1.54, 1.807) is 0 Å². The number of hydrogen-bond donors (Lipinski definition) is 0. The summed E-state index contributed by atoms with van der Waals surface area (Å²) in [5.74, 6) is 0. The molecular weight excluding hydrogens is 232 g/mol. The molecule has 2 aromatic rings. The van der Waals surface area contributed by atoms with Gasteiger partial charge in [0.15, 0.2) is 0 Å². The minimum Gasteiger partial charge on any atom is -0.347 e. The lowest BCUT2D eigenvalue weighted by molar-refractivity contribution is 0.326. The van der Waals surface area contributed by atoms with Crippen molar-refractivity contribution >= 4 is 10.9 Å². The van der Waals surface area contributed by atoms with E-state index >= 15 is 0 Å². The third-order valence-electron chi connectivity index (χ3n) is 4.32. The average molecular weight is 256 g/mol. The molecule has 0 spiro atoms. The van der Waals surface area contributed by atoms with Gasteiger partial charge in [0.2, 0.25) is 0 Å². The Morgan fingerprint density at radius 1 is 1.05 bits per heavy atom. The van der Waals surface area contributed by atoms with E-state index in [1.807, 2.05) is 0 Å². The molecule has 19 heavy (non-hydrogen) atoms. The summed E-state index contributed by atoms with van der Waals surface area (Å²) in [6, 6.07) is 8.92. The van der Waals surface area contributed by atoms with Crippen LogP contribution in [0.1, 0.15) is 31.7 Å². The Hall–Kier alpha value is -1.28. The Balaban J connectivity index is 1.70. The van der Waals surface area contributed by atoms with Gasteiger partial charge < -0.3 is 9.47 Å². The van der Waals surface area contributed by atoms with Gasteiger partial charge in [-0.3, -0.25) is 0 Å². The van der Waals surface area contributed by atoms with Gasteiger partial charge in [0.05, 0.1) is 5.52 Å². The third kappa shape index (κ3) is 2.69. The van der Waals surface area contributed by atoms with Crippen LogP contribution in [0, 0.1) is 0 Å². The molecule has 0 amide bonds. The highest BCUT2D eigenvalue weighted by Crippen LogP contribution is 2.21. The van der Waals surface area contributed by atoms with Crippen LogP contribution in [-0.4, -0.2) is 29.1 Å². The van der Waals surface area contributed by atoms with Crippen molar-refractivity contribution in [2.24, 2.45) is 0 Å². The molecule has 2 nitrogen and oxygen atoms in total. The maximum absolute atomic E-state index is 2.60. The van der Waals surface area contributed by atoms with Crippen LogP contribution in [-0.2, 0) is 13.0 Å². The molecule has 1 aliphatic heterocycles. The van der Waals surface area contributed by atoms with Gasteiger partial charge >= 0.3 is 0 Å². The molecule has 0 atom stereocenters. The van der Waals surface area contributed by atoms with Crippen LogP contribution in [0.25, 0.3) is 10.9 Å². The monoisotopic (exact) mass is 256 g/mol.